The highest BCUT2D eigenvalue weighted by Crippen LogP contribution is 2.36. The monoisotopic (exact) mass is 409 g/mol. The Hall–Kier alpha value is -3.88. The van der Waals surface area contributed by atoms with Gasteiger partial charge in [-0.2, -0.15) is 0 Å². The van der Waals surface area contributed by atoms with Gasteiger partial charge in [-0.1, -0.05) is 13.8 Å². The third-order valence-electron chi connectivity index (χ3n) is 4.72. The second-order valence-corrected chi connectivity index (χ2v) is 7.36. The van der Waals surface area contributed by atoms with E-state index in [4.69, 9.17) is 9.47 Å². The van der Waals surface area contributed by atoms with Crippen molar-refractivity contribution in [3.63, 3.8) is 0 Å². The first-order chi connectivity index (χ1) is 14.3. The first-order valence-electron chi connectivity index (χ1n) is 9.37. The topological polar surface area (TPSA) is 111 Å². The standard InChI is InChI=1S/C21H19N3O6/c1-12(2)10-23-20(25)18(13-3-6-15(7-4-13)24(27)28)19(21(23)26)22-14-5-8-16-17(9-14)30-11-29-16/h3-9,12,22H,10-11H2,1-2H3. The van der Waals surface area contributed by atoms with Crippen molar-refractivity contribution in [1.29, 1.82) is 0 Å². The van der Waals surface area contributed by atoms with E-state index in [0.29, 0.717) is 22.7 Å². The summed E-state index contributed by atoms with van der Waals surface area (Å²) in [7, 11) is 0. The number of rotatable bonds is 6. The normalized spacial score (nSPS) is 15.4. The van der Waals surface area contributed by atoms with Crippen LogP contribution in [0.1, 0.15) is 19.4 Å². The number of benzene rings is 2. The molecule has 154 valence electrons. The van der Waals surface area contributed by atoms with Crippen LogP contribution in [0, 0.1) is 16.0 Å². The van der Waals surface area contributed by atoms with Crippen LogP contribution < -0.4 is 14.8 Å². The van der Waals surface area contributed by atoms with Gasteiger partial charge < -0.3 is 14.8 Å². The van der Waals surface area contributed by atoms with Gasteiger partial charge in [0.2, 0.25) is 6.79 Å². The van der Waals surface area contributed by atoms with E-state index in [0.717, 1.165) is 0 Å². The number of anilines is 1. The molecule has 0 bridgehead atoms. The fraction of sp³-hybridized carbons (Fsp3) is 0.238. The minimum absolute atomic E-state index is 0.0842. The molecule has 4 rings (SSSR count). The highest BCUT2D eigenvalue weighted by molar-refractivity contribution is 6.36. The SMILES string of the molecule is CC(C)CN1C(=O)C(Nc2ccc3c(c2)OCO3)=C(c2ccc([N+](=O)[O-])cc2)C1=O. The summed E-state index contributed by atoms with van der Waals surface area (Å²) in [4.78, 5) is 37.8. The average Bonchev–Trinajstić information content (AvgIpc) is 3.26. The van der Waals surface area contributed by atoms with E-state index in [1.54, 1.807) is 18.2 Å². The fourth-order valence-electron chi connectivity index (χ4n) is 3.36. The van der Waals surface area contributed by atoms with Gasteiger partial charge in [-0.05, 0) is 35.7 Å². The molecule has 0 unspecified atom stereocenters. The maximum absolute atomic E-state index is 13.1. The van der Waals surface area contributed by atoms with Crippen LogP contribution in [0.15, 0.2) is 48.2 Å². The van der Waals surface area contributed by atoms with E-state index in [1.165, 1.54) is 29.2 Å². The van der Waals surface area contributed by atoms with Crippen molar-refractivity contribution in [2.24, 2.45) is 5.92 Å². The summed E-state index contributed by atoms with van der Waals surface area (Å²) >= 11 is 0. The molecular formula is C21H19N3O6. The van der Waals surface area contributed by atoms with E-state index in [9.17, 15) is 19.7 Å². The molecule has 2 aromatic carbocycles. The lowest BCUT2D eigenvalue weighted by Crippen LogP contribution is -2.35. The fourth-order valence-corrected chi connectivity index (χ4v) is 3.36. The van der Waals surface area contributed by atoms with Gasteiger partial charge in [-0.3, -0.25) is 24.6 Å². The van der Waals surface area contributed by atoms with Crippen molar-refractivity contribution < 1.29 is 24.0 Å². The zero-order chi connectivity index (χ0) is 21.4. The molecule has 2 amide bonds. The first kappa shape index (κ1) is 19.4. The molecule has 2 aliphatic rings. The number of nitro benzene ring substituents is 1. The van der Waals surface area contributed by atoms with Crippen molar-refractivity contribution in [2.75, 3.05) is 18.7 Å². The number of imide groups is 1. The van der Waals surface area contributed by atoms with Crippen LogP contribution in [-0.2, 0) is 9.59 Å². The first-order valence-corrected chi connectivity index (χ1v) is 9.37. The zero-order valence-electron chi connectivity index (χ0n) is 16.4. The number of nitrogens with zero attached hydrogens (tertiary/aromatic N) is 2. The van der Waals surface area contributed by atoms with E-state index in [2.05, 4.69) is 5.32 Å². The predicted molar refractivity (Wildman–Crippen MR) is 108 cm³/mol. The summed E-state index contributed by atoms with van der Waals surface area (Å²) in [5.74, 6) is 0.333. The number of hydrogen-bond acceptors (Lipinski definition) is 7. The molecule has 9 nitrogen and oxygen atoms in total. The van der Waals surface area contributed by atoms with Crippen molar-refractivity contribution in [3.8, 4) is 11.5 Å². The Kier molecular flexibility index (Phi) is 4.86. The Bertz CT molecular complexity index is 1070. The Morgan fingerprint density at radius 1 is 1.07 bits per heavy atom. The molecule has 30 heavy (non-hydrogen) atoms. The summed E-state index contributed by atoms with van der Waals surface area (Å²) in [5, 5.41) is 14.0. The molecule has 9 heteroatoms. The molecule has 2 aliphatic heterocycles. The smallest absolute Gasteiger partial charge is 0.278 e. The van der Waals surface area contributed by atoms with Crippen molar-refractivity contribution in [3.05, 3.63) is 63.8 Å². The van der Waals surface area contributed by atoms with Gasteiger partial charge in [0.05, 0.1) is 10.5 Å². The second kappa shape index (κ2) is 7.51. The lowest BCUT2D eigenvalue weighted by molar-refractivity contribution is -0.384. The molecule has 2 aromatic rings. The Morgan fingerprint density at radius 2 is 1.77 bits per heavy atom. The number of hydrogen-bond donors (Lipinski definition) is 1. The summed E-state index contributed by atoms with van der Waals surface area (Å²) in [6.45, 7) is 4.21. The van der Waals surface area contributed by atoms with Gasteiger partial charge >= 0.3 is 0 Å². The number of nitro groups is 1. The minimum Gasteiger partial charge on any atom is -0.454 e. The number of nitrogens with one attached hydrogen (secondary N) is 1. The molecule has 2 heterocycles. The number of non-ortho nitro benzene ring substituents is 1. The Balaban J connectivity index is 1.75. The third kappa shape index (κ3) is 3.45. The van der Waals surface area contributed by atoms with Gasteiger partial charge in [0.15, 0.2) is 11.5 Å². The highest BCUT2D eigenvalue weighted by atomic mass is 16.7. The van der Waals surface area contributed by atoms with Crippen LogP contribution >= 0.6 is 0 Å². The summed E-state index contributed by atoms with van der Waals surface area (Å²) < 4.78 is 10.7. The summed E-state index contributed by atoms with van der Waals surface area (Å²) in [6, 6.07) is 10.7. The van der Waals surface area contributed by atoms with Crippen LogP contribution in [0.5, 0.6) is 11.5 Å². The second-order valence-electron chi connectivity index (χ2n) is 7.36. The highest BCUT2D eigenvalue weighted by Gasteiger charge is 2.39. The molecule has 0 aliphatic carbocycles. The van der Waals surface area contributed by atoms with Crippen molar-refractivity contribution in [2.45, 2.75) is 13.8 Å². The van der Waals surface area contributed by atoms with Gasteiger partial charge in [-0.15, -0.1) is 0 Å². The number of fused-ring (bicyclic) bond motifs is 1. The minimum atomic E-state index is -0.517. The van der Waals surface area contributed by atoms with E-state index >= 15 is 0 Å². The number of carbonyl (C=O) groups excluding carboxylic acids is 2. The number of amides is 2. The maximum atomic E-state index is 13.1. The summed E-state index contributed by atoms with van der Waals surface area (Å²) in [5.41, 5.74) is 1.18. The maximum Gasteiger partial charge on any atom is 0.278 e. The predicted octanol–water partition coefficient (Wildman–Crippen LogP) is 3.17. The van der Waals surface area contributed by atoms with Crippen LogP contribution in [0.2, 0.25) is 0 Å². The largest absolute Gasteiger partial charge is 0.454 e. The van der Waals surface area contributed by atoms with Crippen molar-refractivity contribution >= 4 is 28.8 Å². The molecule has 0 radical (unpaired) electrons. The molecular weight excluding hydrogens is 390 g/mol. The Labute approximate surface area is 172 Å². The molecule has 0 spiro atoms. The lowest BCUT2D eigenvalue weighted by Gasteiger charge is -2.17. The quantitative estimate of drug-likeness (QED) is 0.443. The molecule has 0 saturated carbocycles. The summed E-state index contributed by atoms with van der Waals surface area (Å²) in [6.07, 6.45) is 0. The van der Waals surface area contributed by atoms with Crippen LogP contribution in [-0.4, -0.2) is 35.0 Å². The van der Waals surface area contributed by atoms with Gasteiger partial charge in [0.1, 0.15) is 5.70 Å². The molecule has 1 N–H and O–H groups in total. The molecule has 0 saturated heterocycles. The van der Waals surface area contributed by atoms with E-state index < -0.39 is 16.7 Å². The third-order valence-corrected chi connectivity index (χ3v) is 4.72. The number of ether oxygens (including phenoxy) is 2. The van der Waals surface area contributed by atoms with E-state index in [1.807, 2.05) is 13.8 Å². The van der Waals surface area contributed by atoms with Gasteiger partial charge in [0.25, 0.3) is 17.5 Å². The van der Waals surface area contributed by atoms with E-state index in [-0.39, 0.29) is 36.2 Å². The molecule has 0 fully saturated rings. The lowest BCUT2D eigenvalue weighted by atomic mass is 10.0. The van der Waals surface area contributed by atoms with Gasteiger partial charge in [-0.25, -0.2) is 0 Å². The molecule has 0 atom stereocenters. The van der Waals surface area contributed by atoms with Crippen molar-refractivity contribution in [1.82, 2.24) is 4.90 Å². The number of carbonyl (C=O) groups is 2. The Morgan fingerprint density at radius 3 is 2.43 bits per heavy atom. The molecule has 0 aromatic heterocycles. The van der Waals surface area contributed by atoms with Crippen LogP contribution in [0.25, 0.3) is 5.57 Å². The van der Waals surface area contributed by atoms with Crippen LogP contribution in [0.4, 0.5) is 11.4 Å². The van der Waals surface area contributed by atoms with Crippen LogP contribution in [0.3, 0.4) is 0 Å². The zero-order valence-corrected chi connectivity index (χ0v) is 16.4. The average molecular weight is 409 g/mol. The van der Waals surface area contributed by atoms with Gasteiger partial charge in [0, 0.05) is 30.4 Å².